The zero-order valence-electron chi connectivity index (χ0n) is 14.8. The van der Waals surface area contributed by atoms with Gasteiger partial charge in [-0.1, -0.05) is 17.7 Å². The molecule has 25 heavy (non-hydrogen) atoms. The fourth-order valence-electron chi connectivity index (χ4n) is 2.01. The van der Waals surface area contributed by atoms with E-state index in [1.165, 1.54) is 12.5 Å². The molecule has 8 heteroatoms. The van der Waals surface area contributed by atoms with E-state index in [0.717, 1.165) is 9.54 Å². The Balaban J connectivity index is 2.13. The Hall–Kier alpha value is -2.03. The molecule has 2 rings (SSSR count). The highest BCUT2D eigenvalue weighted by atomic mass is 32.2. The lowest BCUT2D eigenvalue weighted by molar-refractivity contribution is -0.121. The first kappa shape index (κ1) is 19.3. The molecular formula is C17H23N3O4S. The third-order valence-electron chi connectivity index (χ3n) is 3.32. The normalized spacial score (nSPS) is 13.6. The Kier molecular flexibility index (Phi) is 5.76. The number of hydrogen-bond acceptors (Lipinski definition) is 6. The van der Waals surface area contributed by atoms with Crippen molar-refractivity contribution in [2.45, 2.75) is 50.7 Å². The van der Waals surface area contributed by atoms with Gasteiger partial charge in [-0.15, -0.1) is 0 Å². The summed E-state index contributed by atoms with van der Waals surface area (Å²) in [5.74, 6) is 0. The number of carbonyl (C=O) groups excluding carboxylic acids is 1. The van der Waals surface area contributed by atoms with Gasteiger partial charge in [-0.05, 0) is 39.8 Å². The molecule has 0 fully saturated rings. The number of nitrogens with one attached hydrogen (secondary N) is 1. The van der Waals surface area contributed by atoms with Gasteiger partial charge < -0.3 is 4.79 Å². The molecule has 1 N–H and O–H groups in total. The Morgan fingerprint density at radius 3 is 2.48 bits per heavy atom. The minimum Gasteiger partial charge on any atom is -0.302 e. The molecule has 0 spiro atoms. The highest BCUT2D eigenvalue weighted by Crippen LogP contribution is 2.15. The number of hydroxylamine groups is 1. The average Bonchev–Trinajstić information content (AvgIpc) is 3.00. The lowest BCUT2D eigenvalue weighted by Crippen LogP contribution is -2.38. The average molecular weight is 365 g/mol. The molecule has 0 aliphatic rings. The molecule has 1 heterocycles. The summed E-state index contributed by atoms with van der Waals surface area (Å²) in [6.07, 6.45) is 3.57. The molecule has 1 aromatic carbocycles. The number of imidazole rings is 1. The number of aldehydes is 1. The molecule has 136 valence electrons. The monoisotopic (exact) mass is 365 g/mol. The highest BCUT2D eigenvalue weighted by molar-refractivity contribution is 7.90. The van der Waals surface area contributed by atoms with Gasteiger partial charge in [-0.3, -0.25) is 4.84 Å². The van der Waals surface area contributed by atoms with E-state index < -0.39 is 21.7 Å². The zero-order valence-corrected chi connectivity index (χ0v) is 15.6. The van der Waals surface area contributed by atoms with Gasteiger partial charge in [0.1, 0.15) is 12.6 Å². The summed E-state index contributed by atoms with van der Waals surface area (Å²) in [7, 11) is -3.70. The van der Waals surface area contributed by atoms with Crippen LogP contribution in [0.3, 0.4) is 0 Å². The first-order valence-corrected chi connectivity index (χ1v) is 9.30. The van der Waals surface area contributed by atoms with Crippen LogP contribution in [0, 0.1) is 6.92 Å². The summed E-state index contributed by atoms with van der Waals surface area (Å²) in [6, 6.07) is 5.96. The Morgan fingerprint density at radius 2 is 1.92 bits per heavy atom. The van der Waals surface area contributed by atoms with Crippen LogP contribution in [-0.4, -0.2) is 35.3 Å². The van der Waals surface area contributed by atoms with Gasteiger partial charge in [0.2, 0.25) is 0 Å². The minimum absolute atomic E-state index is 0.183. The molecule has 0 aliphatic heterocycles. The minimum atomic E-state index is -3.70. The van der Waals surface area contributed by atoms with Gasteiger partial charge in [-0.25, -0.2) is 17.4 Å². The predicted molar refractivity (Wildman–Crippen MR) is 93.5 cm³/mol. The molecule has 1 atom stereocenters. The molecule has 0 radical (unpaired) electrons. The Labute approximate surface area is 148 Å². The number of benzene rings is 1. The Morgan fingerprint density at radius 1 is 1.28 bits per heavy atom. The van der Waals surface area contributed by atoms with Crippen molar-refractivity contribution in [3.05, 3.63) is 48.0 Å². The van der Waals surface area contributed by atoms with Gasteiger partial charge in [0, 0.05) is 12.6 Å². The van der Waals surface area contributed by atoms with E-state index in [2.05, 4.69) is 10.5 Å². The van der Waals surface area contributed by atoms with Crippen LogP contribution in [0.15, 0.2) is 41.7 Å². The first-order chi connectivity index (χ1) is 11.6. The standard InChI is InChI=1S/C17H23N3O4S/c1-13-5-7-16(8-6-13)25(22,23)20-10-14(18-12-20)9-15(11-21)19-24-17(2,3)4/h5-8,10-12,15,19H,9H2,1-4H3. The molecule has 2 aromatic rings. The van der Waals surface area contributed by atoms with E-state index in [0.29, 0.717) is 12.0 Å². The van der Waals surface area contributed by atoms with Crippen molar-refractivity contribution in [2.24, 2.45) is 0 Å². The van der Waals surface area contributed by atoms with Crippen LogP contribution >= 0.6 is 0 Å². The molecular weight excluding hydrogens is 342 g/mol. The fraction of sp³-hybridized carbons (Fsp3) is 0.412. The van der Waals surface area contributed by atoms with Crippen LogP contribution in [0.4, 0.5) is 0 Å². The number of rotatable bonds is 7. The van der Waals surface area contributed by atoms with Crippen molar-refractivity contribution in [3.8, 4) is 0 Å². The number of nitrogens with zero attached hydrogens (tertiary/aromatic N) is 2. The van der Waals surface area contributed by atoms with Gasteiger partial charge >= 0.3 is 0 Å². The topological polar surface area (TPSA) is 90.3 Å². The van der Waals surface area contributed by atoms with E-state index >= 15 is 0 Å². The van der Waals surface area contributed by atoms with E-state index in [1.54, 1.807) is 24.3 Å². The van der Waals surface area contributed by atoms with Crippen LogP contribution in [0.1, 0.15) is 32.0 Å². The smallest absolute Gasteiger partial charge is 0.268 e. The lowest BCUT2D eigenvalue weighted by Gasteiger charge is -2.22. The molecule has 1 aromatic heterocycles. The van der Waals surface area contributed by atoms with Crippen LogP contribution in [0.25, 0.3) is 0 Å². The molecule has 1 unspecified atom stereocenters. The lowest BCUT2D eigenvalue weighted by atomic mass is 10.2. The molecule has 0 amide bonds. The van der Waals surface area contributed by atoms with Gasteiger partial charge in [0.15, 0.2) is 0 Å². The maximum atomic E-state index is 12.6. The first-order valence-electron chi connectivity index (χ1n) is 7.86. The molecule has 0 saturated carbocycles. The fourth-order valence-corrected chi connectivity index (χ4v) is 3.16. The van der Waals surface area contributed by atoms with Crippen molar-refractivity contribution in [1.29, 1.82) is 0 Å². The van der Waals surface area contributed by atoms with Crippen molar-refractivity contribution in [3.63, 3.8) is 0 Å². The van der Waals surface area contributed by atoms with Gasteiger partial charge in [-0.2, -0.15) is 5.48 Å². The third-order valence-corrected chi connectivity index (χ3v) is 4.94. The van der Waals surface area contributed by atoms with E-state index in [4.69, 9.17) is 4.84 Å². The second-order valence-electron chi connectivity index (χ2n) is 6.79. The van der Waals surface area contributed by atoms with Crippen molar-refractivity contribution < 1.29 is 18.0 Å². The maximum absolute atomic E-state index is 12.6. The van der Waals surface area contributed by atoms with E-state index in [1.807, 2.05) is 27.7 Å². The summed E-state index contributed by atoms with van der Waals surface area (Å²) in [5.41, 5.74) is 3.67. The summed E-state index contributed by atoms with van der Waals surface area (Å²) in [6.45, 7) is 7.44. The second kappa shape index (κ2) is 7.47. The van der Waals surface area contributed by atoms with E-state index in [9.17, 15) is 13.2 Å². The quantitative estimate of drug-likeness (QED) is 0.595. The van der Waals surface area contributed by atoms with Crippen molar-refractivity contribution in [1.82, 2.24) is 14.4 Å². The SMILES string of the molecule is Cc1ccc(S(=O)(=O)n2cnc(CC(C=O)NOC(C)(C)C)c2)cc1. The van der Waals surface area contributed by atoms with E-state index in [-0.39, 0.29) is 11.3 Å². The number of hydrogen-bond donors (Lipinski definition) is 1. The zero-order chi connectivity index (χ0) is 18.7. The number of aromatic nitrogens is 2. The van der Waals surface area contributed by atoms with Crippen LogP contribution in [0.5, 0.6) is 0 Å². The summed E-state index contributed by atoms with van der Waals surface area (Å²) in [5, 5.41) is 0. The summed E-state index contributed by atoms with van der Waals surface area (Å²) < 4.78 is 26.2. The van der Waals surface area contributed by atoms with Crippen molar-refractivity contribution >= 4 is 16.3 Å². The number of carbonyl (C=O) groups is 1. The van der Waals surface area contributed by atoms with Gasteiger partial charge in [0.25, 0.3) is 10.0 Å². The van der Waals surface area contributed by atoms with Crippen LogP contribution in [-0.2, 0) is 26.1 Å². The molecule has 0 saturated heterocycles. The predicted octanol–water partition coefficient (Wildman–Crippen LogP) is 1.86. The van der Waals surface area contributed by atoms with Crippen molar-refractivity contribution in [2.75, 3.05) is 0 Å². The molecule has 7 nitrogen and oxygen atoms in total. The number of aryl methyl sites for hydroxylation is 1. The Bertz CT molecular complexity index is 820. The highest BCUT2D eigenvalue weighted by Gasteiger charge is 2.20. The van der Waals surface area contributed by atoms with Crippen LogP contribution < -0.4 is 5.48 Å². The molecule has 0 aliphatic carbocycles. The third kappa shape index (κ3) is 5.22. The maximum Gasteiger partial charge on any atom is 0.268 e. The molecule has 0 bridgehead atoms. The van der Waals surface area contributed by atoms with Crippen LogP contribution in [0.2, 0.25) is 0 Å². The summed E-state index contributed by atoms with van der Waals surface area (Å²) in [4.78, 5) is 20.8. The summed E-state index contributed by atoms with van der Waals surface area (Å²) >= 11 is 0. The largest absolute Gasteiger partial charge is 0.302 e. The second-order valence-corrected chi connectivity index (χ2v) is 8.64. The van der Waals surface area contributed by atoms with Gasteiger partial charge in [0.05, 0.1) is 22.2 Å².